The largest absolute Gasteiger partial charge is 0.354 e. The quantitative estimate of drug-likeness (QED) is 0.630. The Bertz CT molecular complexity index is 537. The van der Waals surface area contributed by atoms with Crippen LogP contribution in [0.25, 0.3) is 0 Å². The molecule has 1 aliphatic rings. The molecule has 2 rings (SSSR count). The molecule has 1 fully saturated rings. The van der Waals surface area contributed by atoms with Crippen molar-refractivity contribution in [1.82, 2.24) is 20.1 Å². The van der Waals surface area contributed by atoms with E-state index in [4.69, 9.17) is 0 Å². The van der Waals surface area contributed by atoms with Gasteiger partial charge in [-0.15, -0.1) is 11.3 Å². The van der Waals surface area contributed by atoms with Gasteiger partial charge < -0.3 is 15.1 Å². The Morgan fingerprint density at radius 3 is 2.71 bits per heavy atom. The van der Waals surface area contributed by atoms with Crippen LogP contribution >= 0.6 is 11.3 Å². The fourth-order valence-corrected chi connectivity index (χ4v) is 3.56. The maximum atomic E-state index is 11.9. The second kappa shape index (κ2) is 9.01. The molecule has 6 nitrogen and oxygen atoms in total. The third-order valence-electron chi connectivity index (χ3n) is 4.33. The first-order chi connectivity index (χ1) is 11.5. The van der Waals surface area contributed by atoms with Crippen LogP contribution in [0.5, 0.6) is 0 Å². The summed E-state index contributed by atoms with van der Waals surface area (Å²) in [6.07, 6.45) is 6.73. The van der Waals surface area contributed by atoms with E-state index in [0.29, 0.717) is 12.0 Å². The third kappa shape index (κ3) is 5.47. The van der Waals surface area contributed by atoms with E-state index in [-0.39, 0.29) is 12.5 Å². The first-order valence-corrected chi connectivity index (χ1v) is 9.47. The molecule has 1 atom stereocenters. The van der Waals surface area contributed by atoms with Crippen LogP contribution in [-0.4, -0.2) is 66.9 Å². The SMILES string of the molecule is CC(CN(C)C(=NCC(=O)N(C)C)NC1CCCC1)c1nccs1. The number of hydrogen-bond acceptors (Lipinski definition) is 4. The van der Waals surface area contributed by atoms with E-state index in [0.717, 1.165) is 17.5 Å². The van der Waals surface area contributed by atoms with Crippen LogP contribution < -0.4 is 5.32 Å². The van der Waals surface area contributed by atoms with Crippen molar-refractivity contribution < 1.29 is 4.79 Å². The number of thiazole rings is 1. The molecule has 24 heavy (non-hydrogen) atoms. The molecule has 0 saturated heterocycles. The summed E-state index contributed by atoms with van der Waals surface area (Å²) in [6, 6.07) is 0.468. The Morgan fingerprint density at radius 1 is 1.42 bits per heavy atom. The van der Waals surface area contributed by atoms with E-state index in [1.54, 1.807) is 30.3 Å². The summed E-state index contributed by atoms with van der Waals surface area (Å²) < 4.78 is 0. The third-order valence-corrected chi connectivity index (χ3v) is 5.34. The summed E-state index contributed by atoms with van der Waals surface area (Å²) in [6.45, 7) is 3.17. The number of carbonyl (C=O) groups is 1. The smallest absolute Gasteiger partial charge is 0.243 e. The lowest BCUT2D eigenvalue weighted by atomic mass is 10.2. The lowest BCUT2D eigenvalue weighted by molar-refractivity contribution is -0.127. The van der Waals surface area contributed by atoms with Crippen LogP contribution in [0.15, 0.2) is 16.6 Å². The number of rotatable bonds is 6. The molecule has 1 amide bonds. The molecule has 1 heterocycles. The number of nitrogens with one attached hydrogen (secondary N) is 1. The molecule has 1 aromatic rings. The zero-order chi connectivity index (χ0) is 17.5. The van der Waals surface area contributed by atoms with E-state index in [2.05, 4.69) is 27.1 Å². The van der Waals surface area contributed by atoms with Gasteiger partial charge in [-0.1, -0.05) is 19.8 Å². The van der Waals surface area contributed by atoms with E-state index >= 15 is 0 Å². The summed E-state index contributed by atoms with van der Waals surface area (Å²) in [5.41, 5.74) is 0. The van der Waals surface area contributed by atoms with Gasteiger partial charge in [0.2, 0.25) is 5.91 Å². The Kier molecular flexibility index (Phi) is 7.02. The van der Waals surface area contributed by atoms with Crippen LogP contribution in [0.1, 0.15) is 43.5 Å². The van der Waals surface area contributed by atoms with Gasteiger partial charge in [0.05, 0.1) is 5.01 Å². The first-order valence-electron chi connectivity index (χ1n) is 8.59. The average Bonchev–Trinajstić information content (AvgIpc) is 3.23. The van der Waals surface area contributed by atoms with Gasteiger partial charge in [-0.3, -0.25) is 4.79 Å². The van der Waals surface area contributed by atoms with Gasteiger partial charge in [-0.05, 0) is 12.8 Å². The van der Waals surface area contributed by atoms with Gasteiger partial charge in [0.25, 0.3) is 0 Å². The number of carbonyl (C=O) groups excluding carboxylic acids is 1. The molecule has 0 radical (unpaired) electrons. The van der Waals surface area contributed by atoms with E-state index in [9.17, 15) is 4.79 Å². The van der Waals surface area contributed by atoms with Crippen molar-refractivity contribution in [3.63, 3.8) is 0 Å². The maximum Gasteiger partial charge on any atom is 0.243 e. The standard InChI is InChI=1S/C17H29N5OS/c1-13(16-18-9-10-24-16)12-22(4)17(19-11-15(23)21(2)3)20-14-7-5-6-8-14/h9-10,13-14H,5-8,11-12H2,1-4H3,(H,19,20). The highest BCUT2D eigenvalue weighted by Gasteiger charge is 2.20. The zero-order valence-corrected chi connectivity index (χ0v) is 16.0. The first kappa shape index (κ1) is 18.7. The Balaban J connectivity index is 2.02. The van der Waals surface area contributed by atoms with Crippen molar-refractivity contribution in [2.24, 2.45) is 4.99 Å². The molecule has 0 spiro atoms. The molecule has 0 aliphatic heterocycles. The van der Waals surface area contributed by atoms with Crippen molar-refractivity contribution in [1.29, 1.82) is 0 Å². The van der Waals surface area contributed by atoms with Gasteiger partial charge in [0.15, 0.2) is 5.96 Å². The minimum absolute atomic E-state index is 0.0158. The van der Waals surface area contributed by atoms with Crippen LogP contribution in [0.2, 0.25) is 0 Å². The van der Waals surface area contributed by atoms with Crippen LogP contribution in [0.4, 0.5) is 0 Å². The molecule has 1 N–H and O–H groups in total. The minimum Gasteiger partial charge on any atom is -0.354 e. The maximum absolute atomic E-state index is 11.9. The molecule has 1 aliphatic carbocycles. The fraction of sp³-hybridized carbons (Fsp3) is 0.706. The summed E-state index contributed by atoms with van der Waals surface area (Å²) in [4.78, 5) is 24.5. The van der Waals surface area contributed by atoms with Crippen molar-refractivity contribution >= 4 is 23.2 Å². The highest BCUT2D eigenvalue weighted by molar-refractivity contribution is 7.09. The summed E-state index contributed by atoms with van der Waals surface area (Å²) in [5.74, 6) is 1.16. The van der Waals surface area contributed by atoms with Gasteiger partial charge >= 0.3 is 0 Å². The second-order valence-corrected chi connectivity index (χ2v) is 7.63. The van der Waals surface area contributed by atoms with Crippen molar-refractivity contribution in [2.45, 2.75) is 44.6 Å². The molecular formula is C17H29N5OS. The van der Waals surface area contributed by atoms with Crippen LogP contribution in [0.3, 0.4) is 0 Å². The van der Waals surface area contributed by atoms with Gasteiger partial charge in [0.1, 0.15) is 6.54 Å². The summed E-state index contributed by atoms with van der Waals surface area (Å²) in [5, 5.41) is 6.69. The average molecular weight is 352 g/mol. The summed E-state index contributed by atoms with van der Waals surface area (Å²) >= 11 is 1.68. The molecular weight excluding hydrogens is 322 g/mol. The number of likely N-dealkylation sites (N-methyl/N-ethyl adjacent to an activating group) is 2. The number of hydrogen-bond donors (Lipinski definition) is 1. The van der Waals surface area contributed by atoms with E-state index in [1.165, 1.54) is 25.7 Å². The van der Waals surface area contributed by atoms with Crippen LogP contribution in [0, 0.1) is 0 Å². The lowest BCUT2D eigenvalue weighted by Crippen LogP contribution is -2.45. The van der Waals surface area contributed by atoms with E-state index in [1.807, 2.05) is 18.6 Å². The molecule has 0 bridgehead atoms. The van der Waals surface area contributed by atoms with Crippen molar-refractivity contribution in [3.05, 3.63) is 16.6 Å². The molecule has 0 aromatic carbocycles. The highest BCUT2D eigenvalue weighted by Crippen LogP contribution is 2.20. The number of guanidine groups is 1. The second-order valence-electron chi connectivity index (χ2n) is 6.71. The Morgan fingerprint density at radius 2 is 2.12 bits per heavy atom. The minimum atomic E-state index is 0.0158. The topological polar surface area (TPSA) is 60.8 Å². The number of aromatic nitrogens is 1. The van der Waals surface area contributed by atoms with Gasteiger partial charge in [0, 0.05) is 51.2 Å². The monoisotopic (exact) mass is 351 g/mol. The number of aliphatic imine (C=N–C) groups is 1. The van der Waals surface area contributed by atoms with Crippen molar-refractivity contribution in [2.75, 3.05) is 34.2 Å². The molecule has 134 valence electrons. The molecule has 7 heteroatoms. The number of nitrogens with zero attached hydrogens (tertiary/aromatic N) is 4. The molecule has 1 saturated carbocycles. The van der Waals surface area contributed by atoms with Gasteiger partial charge in [-0.25, -0.2) is 9.98 Å². The Labute approximate surface area is 149 Å². The summed E-state index contributed by atoms with van der Waals surface area (Å²) in [7, 11) is 5.55. The van der Waals surface area contributed by atoms with Crippen molar-refractivity contribution in [3.8, 4) is 0 Å². The Hall–Kier alpha value is -1.63. The molecule has 1 aromatic heterocycles. The normalized spacial score (nSPS) is 16.9. The predicted octanol–water partition coefficient (Wildman–Crippen LogP) is 2.15. The van der Waals surface area contributed by atoms with E-state index < -0.39 is 0 Å². The lowest BCUT2D eigenvalue weighted by Gasteiger charge is -2.27. The number of amides is 1. The fourth-order valence-electron chi connectivity index (χ4n) is 2.87. The molecule has 1 unspecified atom stereocenters. The zero-order valence-electron chi connectivity index (χ0n) is 15.2. The van der Waals surface area contributed by atoms with Gasteiger partial charge in [-0.2, -0.15) is 0 Å². The van der Waals surface area contributed by atoms with Crippen LogP contribution in [-0.2, 0) is 4.79 Å². The predicted molar refractivity (Wildman–Crippen MR) is 99.5 cm³/mol. The highest BCUT2D eigenvalue weighted by atomic mass is 32.1.